The molecule has 0 saturated carbocycles. The maximum atomic E-state index is 10.5. The standard InChI is InChI=1S/C12H13NO3/c1-13-5-4-8-2-3-9(6-10(8)13)11(14)7-12(15)16/h2-6,11,14H,7H2,1H3,(H,15,16)/t11-/m0/s1. The monoisotopic (exact) mass is 219 g/mol. The van der Waals surface area contributed by atoms with Crippen LogP contribution in [0.1, 0.15) is 18.1 Å². The highest BCUT2D eigenvalue weighted by Crippen LogP contribution is 2.22. The zero-order chi connectivity index (χ0) is 11.7. The van der Waals surface area contributed by atoms with Crippen molar-refractivity contribution in [3.05, 3.63) is 36.0 Å². The first kappa shape index (κ1) is 10.7. The first-order chi connectivity index (χ1) is 7.58. The lowest BCUT2D eigenvalue weighted by atomic mass is 10.1. The third-order valence-electron chi connectivity index (χ3n) is 2.66. The maximum absolute atomic E-state index is 10.5. The minimum absolute atomic E-state index is 0.268. The highest BCUT2D eigenvalue weighted by Gasteiger charge is 2.12. The minimum atomic E-state index is -1.00. The summed E-state index contributed by atoms with van der Waals surface area (Å²) in [6.07, 6.45) is 0.713. The fraction of sp³-hybridized carbons (Fsp3) is 0.250. The number of aryl methyl sites for hydroxylation is 1. The van der Waals surface area contributed by atoms with E-state index >= 15 is 0 Å². The van der Waals surface area contributed by atoms with Crippen LogP contribution < -0.4 is 0 Å². The Kier molecular flexibility index (Phi) is 2.66. The third kappa shape index (κ3) is 1.92. The molecule has 16 heavy (non-hydrogen) atoms. The molecule has 0 radical (unpaired) electrons. The Balaban J connectivity index is 2.38. The van der Waals surface area contributed by atoms with Gasteiger partial charge in [0.1, 0.15) is 0 Å². The van der Waals surface area contributed by atoms with Crippen LogP contribution in [0.15, 0.2) is 30.5 Å². The van der Waals surface area contributed by atoms with Gasteiger partial charge in [-0.25, -0.2) is 0 Å². The van der Waals surface area contributed by atoms with Crippen molar-refractivity contribution in [3.8, 4) is 0 Å². The molecular weight excluding hydrogens is 206 g/mol. The molecule has 0 spiro atoms. The Bertz CT molecular complexity index is 530. The van der Waals surface area contributed by atoms with Crippen molar-refractivity contribution in [2.45, 2.75) is 12.5 Å². The Morgan fingerprint density at radius 3 is 2.88 bits per heavy atom. The molecule has 0 unspecified atom stereocenters. The number of carbonyl (C=O) groups is 1. The zero-order valence-corrected chi connectivity index (χ0v) is 8.92. The van der Waals surface area contributed by atoms with E-state index in [9.17, 15) is 9.90 Å². The molecule has 1 aromatic carbocycles. The first-order valence-electron chi connectivity index (χ1n) is 5.03. The van der Waals surface area contributed by atoms with Crippen LogP contribution in [0.4, 0.5) is 0 Å². The Hall–Kier alpha value is -1.81. The summed E-state index contributed by atoms with van der Waals surface area (Å²) in [7, 11) is 1.91. The smallest absolute Gasteiger partial charge is 0.306 e. The molecule has 0 bridgehead atoms. The summed E-state index contributed by atoms with van der Waals surface area (Å²) in [5.41, 5.74) is 1.62. The predicted molar refractivity (Wildman–Crippen MR) is 60.1 cm³/mol. The second-order valence-electron chi connectivity index (χ2n) is 3.86. The van der Waals surface area contributed by atoms with E-state index in [0.29, 0.717) is 5.56 Å². The molecule has 2 N–H and O–H groups in total. The number of aliphatic carboxylic acids is 1. The molecule has 2 rings (SSSR count). The number of rotatable bonds is 3. The summed E-state index contributed by atoms with van der Waals surface area (Å²) in [5, 5.41) is 19.4. The van der Waals surface area contributed by atoms with E-state index in [1.165, 1.54) is 0 Å². The van der Waals surface area contributed by atoms with Gasteiger partial charge in [0.05, 0.1) is 12.5 Å². The largest absolute Gasteiger partial charge is 0.481 e. The maximum Gasteiger partial charge on any atom is 0.306 e. The summed E-state index contributed by atoms with van der Waals surface area (Å²) >= 11 is 0. The minimum Gasteiger partial charge on any atom is -0.481 e. The van der Waals surface area contributed by atoms with Crippen LogP contribution in [0.3, 0.4) is 0 Å². The Morgan fingerprint density at radius 2 is 2.19 bits per heavy atom. The van der Waals surface area contributed by atoms with Gasteiger partial charge in [-0.15, -0.1) is 0 Å². The number of benzene rings is 1. The van der Waals surface area contributed by atoms with Crippen LogP contribution in [0.25, 0.3) is 10.9 Å². The molecule has 1 heterocycles. The number of nitrogens with zero attached hydrogens (tertiary/aromatic N) is 1. The van der Waals surface area contributed by atoms with E-state index in [4.69, 9.17) is 5.11 Å². The van der Waals surface area contributed by atoms with Crippen LogP contribution >= 0.6 is 0 Å². The zero-order valence-electron chi connectivity index (χ0n) is 8.92. The van der Waals surface area contributed by atoms with Crippen molar-refractivity contribution in [3.63, 3.8) is 0 Å². The molecule has 0 saturated heterocycles. The molecule has 1 atom stereocenters. The van der Waals surface area contributed by atoms with Crippen molar-refractivity contribution in [2.75, 3.05) is 0 Å². The van der Waals surface area contributed by atoms with Crippen LogP contribution in [0.2, 0.25) is 0 Å². The van der Waals surface area contributed by atoms with Gasteiger partial charge in [-0.1, -0.05) is 12.1 Å². The Morgan fingerprint density at radius 1 is 1.44 bits per heavy atom. The van der Waals surface area contributed by atoms with E-state index in [-0.39, 0.29) is 6.42 Å². The normalized spacial score (nSPS) is 12.9. The highest BCUT2D eigenvalue weighted by molar-refractivity contribution is 5.81. The van der Waals surface area contributed by atoms with E-state index in [1.807, 2.05) is 36.0 Å². The molecule has 2 aromatic rings. The number of aliphatic hydroxyl groups is 1. The van der Waals surface area contributed by atoms with Crippen molar-refractivity contribution >= 4 is 16.9 Å². The lowest BCUT2D eigenvalue weighted by molar-refractivity contribution is -0.139. The number of carboxylic acid groups (broad SMARTS) is 1. The quantitative estimate of drug-likeness (QED) is 0.825. The van der Waals surface area contributed by atoms with Gasteiger partial charge in [-0.05, 0) is 23.1 Å². The summed E-state index contributed by atoms with van der Waals surface area (Å²) in [6.45, 7) is 0. The number of hydrogen-bond donors (Lipinski definition) is 2. The molecule has 1 aromatic heterocycles. The van der Waals surface area contributed by atoms with Gasteiger partial charge >= 0.3 is 5.97 Å². The number of fused-ring (bicyclic) bond motifs is 1. The van der Waals surface area contributed by atoms with E-state index in [1.54, 1.807) is 6.07 Å². The van der Waals surface area contributed by atoms with Crippen molar-refractivity contribution in [2.24, 2.45) is 7.05 Å². The summed E-state index contributed by atoms with van der Waals surface area (Å²) in [6, 6.07) is 7.44. The van der Waals surface area contributed by atoms with Crippen LogP contribution in [-0.4, -0.2) is 20.7 Å². The van der Waals surface area contributed by atoms with Gasteiger partial charge in [-0.3, -0.25) is 4.79 Å². The van der Waals surface area contributed by atoms with Gasteiger partial charge in [-0.2, -0.15) is 0 Å². The van der Waals surface area contributed by atoms with Gasteiger partial charge in [0.2, 0.25) is 0 Å². The Labute approximate surface area is 92.7 Å². The SMILES string of the molecule is Cn1ccc2ccc([C@@H](O)CC(=O)O)cc21. The number of aliphatic hydroxyl groups excluding tert-OH is 1. The molecule has 0 fully saturated rings. The van der Waals surface area contributed by atoms with Gasteiger partial charge < -0.3 is 14.8 Å². The van der Waals surface area contributed by atoms with Crippen molar-refractivity contribution in [1.29, 1.82) is 0 Å². The molecule has 84 valence electrons. The number of carboxylic acids is 1. The van der Waals surface area contributed by atoms with E-state index in [2.05, 4.69) is 0 Å². The molecule has 0 aliphatic heterocycles. The molecule has 4 nitrogen and oxygen atoms in total. The van der Waals surface area contributed by atoms with E-state index < -0.39 is 12.1 Å². The van der Waals surface area contributed by atoms with Crippen LogP contribution in [0, 0.1) is 0 Å². The van der Waals surface area contributed by atoms with Gasteiger partial charge in [0.25, 0.3) is 0 Å². The van der Waals surface area contributed by atoms with Gasteiger partial charge in [0, 0.05) is 18.8 Å². The average Bonchev–Trinajstić information content (AvgIpc) is 2.59. The second-order valence-corrected chi connectivity index (χ2v) is 3.86. The first-order valence-corrected chi connectivity index (χ1v) is 5.03. The van der Waals surface area contributed by atoms with Crippen LogP contribution in [0.5, 0.6) is 0 Å². The third-order valence-corrected chi connectivity index (χ3v) is 2.66. The van der Waals surface area contributed by atoms with Gasteiger partial charge in [0.15, 0.2) is 0 Å². The molecule has 0 aliphatic rings. The fourth-order valence-corrected chi connectivity index (χ4v) is 1.77. The summed E-state index contributed by atoms with van der Waals surface area (Å²) in [5.74, 6) is -1.00. The highest BCUT2D eigenvalue weighted by atomic mass is 16.4. The lowest BCUT2D eigenvalue weighted by Gasteiger charge is -2.08. The molecule has 4 heteroatoms. The van der Waals surface area contributed by atoms with E-state index in [0.717, 1.165) is 10.9 Å². The summed E-state index contributed by atoms with van der Waals surface area (Å²) in [4.78, 5) is 10.5. The lowest BCUT2D eigenvalue weighted by Crippen LogP contribution is -2.05. The summed E-state index contributed by atoms with van der Waals surface area (Å²) < 4.78 is 1.94. The second kappa shape index (κ2) is 3.98. The van der Waals surface area contributed by atoms with Crippen LogP contribution in [-0.2, 0) is 11.8 Å². The molecular formula is C12H13NO3. The van der Waals surface area contributed by atoms with Crippen molar-refractivity contribution < 1.29 is 15.0 Å². The predicted octanol–water partition coefficient (Wildman–Crippen LogP) is 1.69. The molecule has 0 amide bonds. The van der Waals surface area contributed by atoms with Crippen molar-refractivity contribution in [1.82, 2.24) is 4.57 Å². The molecule has 0 aliphatic carbocycles. The average molecular weight is 219 g/mol. The topological polar surface area (TPSA) is 62.5 Å². The number of aromatic nitrogens is 1. The number of hydrogen-bond acceptors (Lipinski definition) is 2. The fourth-order valence-electron chi connectivity index (χ4n) is 1.77.